The van der Waals surface area contributed by atoms with Crippen molar-refractivity contribution in [3.63, 3.8) is 0 Å². The van der Waals surface area contributed by atoms with E-state index in [-0.39, 0.29) is 0 Å². The van der Waals surface area contributed by atoms with Gasteiger partial charge in [-0.05, 0) is 49.9 Å². The molecule has 0 bridgehead atoms. The first-order chi connectivity index (χ1) is 8.19. The molecule has 0 fully saturated rings. The van der Waals surface area contributed by atoms with Gasteiger partial charge in [-0.1, -0.05) is 12.1 Å². The van der Waals surface area contributed by atoms with Crippen LogP contribution < -0.4 is 10.5 Å². The van der Waals surface area contributed by atoms with Crippen LogP contribution in [0.4, 0.5) is 0 Å². The fraction of sp³-hybridized carbons (Fsp3) is 0.467. The van der Waals surface area contributed by atoms with Crippen LogP contribution in [0.5, 0.6) is 5.75 Å². The Kier molecular flexibility index (Phi) is 5.59. The molecule has 0 aliphatic heterocycles. The monoisotopic (exact) mass is 231 g/mol. The van der Waals surface area contributed by atoms with Crippen LogP contribution in [0.1, 0.15) is 29.5 Å². The molecule has 92 valence electrons. The van der Waals surface area contributed by atoms with Crippen LogP contribution in [0, 0.1) is 26.2 Å². The van der Waals surface area contributed by atoms with E-state index in [2.05, 4.69) is 31.9 Å². The molecule has 2 N–H and O–H groups in total. The molecule has 2 nitrogen and oxygen atoms in total. The fourth-order valence-corrected chi connectivity index (χ4v) is 1.93. The van der Waals surface area contributed by atoms with Gasteiger partial charge >= 0.3 is 0 Å². The maximum Gasteiger partial charge on any atom is 0.125 e. The number of rotatable bonds is 6. The molecule has 0 aliphatic carbocycles. The van der Waals surface area contributed by atoms with Crippen molar-refractivity contribution in [2.75, 3.05) is 13.2 Å². The van der Waals surface area contributed by atoms with Crippen molar-refractivity contribution in [2.24, 2.45) is 5.73 Å². The molecule has 0 radical (unpaired) electrons. The molecule has 0 unspecified atom stereocenters. The lowest BCUT2D eigenvalue weighted by molar-refractivity contribution is 0.308. The standard InChI is InChI=1S/C15H21NO/c1-4-5-6-9-17-15-12(2)10-14(7-8-16)11-13(15)3/h1,10-11H,5-9,16H2,2-3H3. The quantitative estimate of drug-likeness (QED) is 0.603. The highest BCUT2D eigenvalue weighted by Crippen LogP contribution is 2.25. The molecule has 17 heavy (non-hydrogen) atoms. The lowest BCUT2D eigenvalue weighted by atomic mass is 10.0. The summed E-state index contributed by atoms with van der Waals surface area (Å²) in [4.78, 5) is 0. The van der Waals surface area contributed by atoms with Gasteiger partial charge in [0.25, 0.3) is 0 Å². The third-order valence-corrected chi connectivity index (χ3v) is 2.66. The van der Waals surface area contributed by atoms with E-state index < -0.39 is 0 Å². The number of terminal acetylenes is 1. The fourth-order valence-electron chi connectivity index (χ4n) is 1.93. The van der Waals surface area contributed by atoms with E-state index in [1.807, 2.05) is 0 Å². The van der Waals surface area contributed by atoms with E-state index in [9.17, 15) is 0 Å². The summed E-state index contributed by atoms with van der Waals surface area (Å²) in [7, 11) is 0. The lowest BCUT2D eigenvalue weighted by Crippen LogP contribution is -2.05. The summed E-state index contributed by atoms with van der Waals surface area (Å²) in [6.45, 7) is 5.51. The van der Waals surface area contributed by atoms with Crippen LogP contribution in [-0.4, -0.2) is 13.2 Å². The lowest BCUT2D eigenvalue weighted by Gasteiger charge is -2.13. The smallest absolute Gasteiger partial charge is 0.125 e. The first-order valence-electron chi connectivity index (χ1n) is 6.05. The van der Waals surface area contributed by atoms with Crippen LogP contribution >= 0.6 is 0 Å². The highest BCUT2D eigenvalue weighted by atomic mass is 16.5. The van der Waals surface area contributed by atoms with E-state index in [1.54, 1.807) is 0 Å². The van der Waals surface area contributed by atoms with Crippen molar-refractivity contribution < 1.29 is 4.74 Å². The molecule has 1 rings (SSSR count). The summed E-state index contributed by atoms with van der Waals surface area (Å²) >= 11 is 0. The van der Waals surface area contributed by atoms with Crippen LogP contribution in [0.15, 0.2) is 12.1 Å². The zero-order valence-corrected chi connectivity index (χ0v) is 10.8. The maximum absolute atomic E-state index is 5.78. The average Bonchev–Trinajstić information content (AvgIpc) is 2.27. The van der Waals surface area contributed by atoms with E-state index in [0.717, 1.165) is 25.0 Å². The average molecular weight is 231 g/mol. The van der Waals surface area contributed by atoms with Gasteiger partial charge in [0.05, 0.1) is 6.61 Å². The normalized spacial score (nSPS) is 10.0. The van der Waals surface area contributed by atoms with Gasteiger partial charge in [-0.15, -0.1) is 12.3 Å². The third-order valence-electron chi connectivity index (χ3n) is 2.66. The first-order valence-corrected chi connectivity index (χ1v) is 6.05. The second-order valence-electron chi connectivity index (χ2n) is 4.25. The van der Waals surface area contributed by atoms with Gasteiger partial charge in [-0.3, -0.25) is 0 Å². The van der Waals surface area contributed by atoms with Crippen molar-refractivity contribution in [2.45, 2.75) is 33.1 Å². The molecule has 0 saturated carbocycles. The highest BCUT2D eigenvalue weighted by molar-refractivity contribution is 5.43. The predicted octanol–water partition coefficient (Wildman–Crippen LogP) is 2.60. The number of benzene rings is 1. The Bertz CT molecular complexity index is 381. The molecular weight excluding hydrogens is 210 g/mol. The summed E-state index contributed by atoms with van der Waals surface area (Å²) in [6.07, 6.45) is 7.79. The molecule has 1 aromatic carbocycles. The molecule has 0 heterocycles. The highest BCUT2D eigenvalue weighted by Gasteiger charge is 2.06. The van der Waals surface area contributed by atoms with E-state index in [1.165, 1.54) is 16.7 Å². The summed E-state index contributed by atoms with van der Waals surface area (Å²) in [5.41, 5.74) is 9.19. The number of nitrogens with two attached hydrogens (primary N) is 1. The Morgan fingerprint density at radius 1 is 1.29 bits per heavy atom. The largest absolute Gasteiger partial charge is 0.493 e. The number of ether oxygens (including phenoxy) is 1. The predicted molar refractivity (Wildman–Crippen MR) is 72.2 cm³/mol. The number of hydrogen-bond donors (Lipinski definition) is 1. The SMILES string of the molecule is C#CCCCOc1c(C)cc(CCN)cc1C. The van der Waals surface area contributed by atoms with Crippen molar-refractivity contribution in [3.8, 4) is 18.1 Å². The molecule has 0 amide bonds. The third kappa shape index (κ3) is 4.13. The minimum absolute atomic E-state index is 0.682. The topological polar surface area (TPSA) is 35.2 Å². The molecule has 0 saturated heterocycles. The molecule has 2 heteroatoms. The number of hydrogen-bond acceptors (Lipinski definition) is 2. The zero-order chi connectivity index (χ0) is 12.7. The molecule has 0 aliphatic rings. The summed E-state index contributed by atoms with van der Waals surface area (Å²) in [5, 5.41) is 0. The van der Waals surface area contributed by atoms with Crippen LogP contribution in [0.25, 0.3) is 0 Å². The minimum Gasteiger partial charge on any atom is -0.493 e. The Morgan fingerprint density at radius 2 is 1.94 bits per heavy atom. The van der Waals surface area contributed by atoms with Gasteiger partial charge in [-0.25, -0.2) is 0 Å². The van der Waals surface area contributed by atoms with Gasteiger partial charge in [0.2, 0.25) is 0 Å². The second kappa shape index (κ2) is 6.98. The van der Waals surface area contributed by atoms with Gasteiger partial charge in [-0.2, -0.15) is 0 Å². The van der Waals surface area contributed by atoms with Gasteiger partial charge < -0.3 is 10.5 Å². The Balaban J connectivity index is 2.69. The van der Waals surface area contributed by atoms with Crippen molar-refractivity contribution >= 4 is 0 Å². The van der Waals surface area contributed by atoms with E-state index in [0.29, 0.717) is 13.2 Å². The summed E-state index contributed by atoms with van der Waals surface area (Å²) in [6, 6.07) is 4.30. The molecule has 1 aromatic rings. The zero-order valence-electron chi connectivity index (χ0n) is 10.8. The minimum atomic E-state index is 0.682. The van der Waals surface area contributed by atoms with Crippen LogP contribution in [0.3, 0.4) is 0 Å². The van der Waals surface area contributed by atoms with Crippen molar-refractivity contribution in [1.82, 2.24) is 0 Å². The molecule has 0 spiro atoms. The van der Waals surface area contributed by atoms with Crippen molar-refractivity contribution in [3.05, 3.63) is 28.8 Å². The number of unbranched alkanes of at least 4 members (excludes halogenated alkanes) is 1. The summed E-state index contributed by atoms with van der Waals surface area (Å²) in [5.74, 6) is 3.60. The molecule has 0 aromatic heterocycles. The first kappa shape index (κ1) is 13.6. The Morgan fingerprint density at radius 3 is 2.47 bits per heavy atom. The Hall–Kier alpha value is -1.46. The molecular formula is C15H21NO. The van der Waals surface area contributed by atoms with Gasteiger partial charge in [0.1, 0.15) is 5.75 Å². The van der Waals surface area contributed by atoms with E-state index in [4.69, 9.17) is 16.9 Å². The van der Waals surface area contributed by atoms with E-state index >= 15 is 0 Å². The van der Waals surface area contributed by atoms with Crippen LogP contribution in [0.2, 0.25) is 0 Å². The number of aryl methyl sites for hydroxylation is 2. The van der Waals surface area contributed by atoms with Gasteiger partial charge in [0.15, 0.2) is 0 Å². The Labute approximate surface area is 104 Å². The van der Waals surface area contributed by atoms with Crippen molar-refractivity contribution in [1.29, 1.82) is 0 Å². The second-order valence-corrected chi connectivity index (χ2v) is 4.25. The maximum atomic E-state index is 5.78. The summed E-state index contributed by atoms with van der Waals surface area (Å²) < 4.78 is 5.78. The van der Waals surface area contributed by atoms with Gasteiger partial charge in [0, 0.05) is 6.42 Å². The van der Waals surface area contributed by atoms with Crippen LogP contribution in [-0.2, 0) is 6.42 Å². The molecule has 0 atom stereocenters.